The Morgan fingerprint density at radius 2 is 2.50 bits per heavy atom. The van der Waals surface area contributed by atoms with E-state index in [0.29, 0.717) is 6.42 Å². The van der Waals surface area contributed by atoms with Crippen molar-refractivity contribution in [1.29, 1.82) is 0 Å². The van der Waals surface area contributed by atoms with Gasteiger partial charge in [-0.1, -0.05) is 0 Å². The van der Waals surface area contributed by atoms with Crippen LogP contribution in [0, 0.1) is 0 Å². The lowest BCUT2D eigenvalue weighted by Crippen LogP contribution is -2.45. The second kappa shape index (κ2) is 4.15. The van der Waals surface area contributed by atoms with Crippen LogP contribution in [0.3, 0.4) is 0 Å². The number of methoxy groups -OCH3 is 1. The summed E-state index contributed by atoms with van der Waals surface area (Å²) >= 11 is 1.40. The second-order valence-electron chi connectivity index (χ2n) is 2.22. The summed E-state index contributed by atoms with van der Waals surface area (Å²) in [5.74, 6) is -0.327. The Morgan fingerprint density at radius 1 is 1.83 bits per heavy atom. The lowest BCUT2D eigenvalue weighted by molar-refractivity contribution is -0.134. The number of β-lactam (4-membered cyclic amide) rings is 1. The molecule has 0 aromatic rings. The van der Waals surface area contributed by atoms with Crippen LogP contribution in [-0.2, 0) is 14.3 Å². The Kier molecular flexibility index (Phi) is 3.16. The number of nitrogens with one attached hydrogen (secondary N) is 1. The molecule has 1 aliphatic heterocycles. The minimum Gasteiger partial charge on any atom is -0.466 e. The maximum atomic E-state index is 10.6. The molecular formula is C7H9NO3S. The zero-order chi connectivity index (χ0) is 8.97. The average Bonchev–Trinajstić information content (AvgIpc) is 2.01. The van der Waals surface area contributed by atoms with Crippen LogP contribution < -0.4 is 5.32 Å². The molecule has 1 unspecified atom stereocenters. The minimum absolute atomic E-state index is 0.0546. The highest BCUT2D eigenvalue weighted by molar-refractivity contribution is 8.02. The largest absolute Gasteiger partial charge is 0.466 e. The highest BCUT2D eigenvalue weighted by Gasteiger charge is 2.24. The molecule has 0 aromatic heterocycles. The van der Waals surface area contributed by atoms with Gasteiger partial charge >= 0.3 is 5.97 Å². The van der Waals surface area contributed by atoms with E-state index < -0.39 is 0 Å². The smallest absolute Gasteiger partial charge is 0.330 e. The maximum absolute atomic E-state index is 10.6. The van der Waals surface area contributed by atoms with Gasteiger partial charge in [0.15, 0.2) is 0 Å². The molecule has 1 heterocycles. The first-order valence-corrected chi connectivity index (χ1v) is 4.36. The molecule has 0 saturated carbocycles. The molecule has 1 atom stereocenters. The normalized spacial score (nSPS) is 21.8. The van der Waals surface area contributed by atoms with Gasteiger partial charge in [-0.15, -0.1) is 11.8 Å². The monoisotopic (exact) mass is 187 g/mol. The Labute approximate surface area is 74.3 Å². The number of carbonyl (C=O) groups excluding carboxylic acids is 2. The van der Waals surface area contributed by atoms with E-state index in [0.717, 1.165) is 0 Å². The van der Waals surface area contributed by atoms with E-state index in [4.69, 9.17) is 0 Å². The van der Waals surface area contributed by atoms with Gasteiger partial charge in [0.05, 0.1) is 18.9 Å². The van der Waals surface area contributed by atoms with Gasteiger partial charge < -0.3 is 10.1 Å². The maximum Gasteiger partial charge on any atom is 0.330 e. The van der Waals surface area contributed by atoms with Crippen LogP contribution in [0.4, 0.5) is 0 Å². The van der Waals surface area contributed by atoms with Crippen LogP contribution in [0.25, 0.3) is 0 Å². The van der Waals surface area contributed by atoms with Crippen LogP contribution in [-0.4, -0.2) is 24.4 Å². The lowest BCUT2D eigenvalue weighted by Gasteiger charge is -2.24. The number of esters is 1. The molecule has 1 N–H and O–H groups in total. The topological polar surface area (TPSA) is 55.4 Å². The van der Waals surface area contributed by atoms with Crippen molar-refractivity contribution < 1.29 is 14.3 Å². The molecule has 0 bridgehead atoms. The third kappa shape index (κ3) is 2.58. The third-order valence-corrected chi connectivity index (χ3v) is 2.25. The van der Waals surface area contributed by atoms with Crippen molar-refractivity contribution in [3.05, 3.63) is 11.5 Å². The average molecular weight is 187 g/mol. The first kappa shape index (κ1) is 9.12. The van der Waals surface area contributed by atoms with Crippen LogP contribution in [0.5, 0.6) is 0 Å². The first-order valence-electron chi connectivity index (χ1n) is 3.41. The summed E-state index contributed by atoms with van der Waals surface area (Å²) in [6, 6.07) is 0. The standard InChI is InChI=1S/C7H9NO3S/c1-11-7(10)2-3-12-6-4-5(9)8-6/h2-3,6H,4H2,1H3,(H,8,9)/b3-2+. The molecule has 0 radical (unpaired) electrons. The lowest BCUT2D eigenvalue weighted by atomic mass is 10.3. The summed E-state index contributed by atoms with van der Waals surface area (Å²) < 4.78 is 4.38. The fourth-order valence-electron chi connectivity index (χ4n) is 0.667. The summed E-state index contributed by atoms with van der Waals surface area (Å²) in [6.07, 6.45) is 1.85. The number of ether oxygens (including phenoxy) is 1. The van der Waals surface area contributed by atoms with Gasteiger partial charge in [0.1, 0.15) is 0 Å². The van der Waals surface area contributed by atoms with Gasteiger partial charge in [0.25, 0.3) is 0 Å². The van der Waals surface area contributed by atoms with Crippen molar-refractivity contribution in [2.45, 2.75) is 11.8 Å². The van der Waals surface area contributed by atoms with E-state index in [2.05, 4.69) is 10.1 Å². The van der Waals surface area contributed by atoms with Gasteiger partial charge in [0.2, 0.25) is 5.91 Å². The summed E-state index contributed by atoms with van der Waals surface area (Å²) in [7, 11) is 1.32. The zero-order valence-electron chi connectivity index (χ0n) is 6.57. The van der Waals surface area contributed by atoms with Crippen molar-refractivity contribution in [2.24, 2.45) is 0 Å². The van der Waals surface area contributed by atoms with Gasteiger partial charge in [-0.2, -0.15) is 0 Å². The van der Waals surface area contributed by atoms with E-state index in [1.54, 1.807) is 5.41 Å². The van der Waals surface area contributed by atoms with Crippen LogP contribution >= 0.6 is 11.8 Å². The summed E-state index contributed by atoms with van der Waals surface area (Å²) in [4.78, 5) is 21.0. The first-order chi connectivity index (χ1) is 5.72. The number of hydrogen-bond donors (Lipinski definition) is 1. The highest BCUT2D eigenvalue weighted by Crippen LogP contribution is 2.19. The quantitative estimate of drug-likeness (QED) is 0.391. The Morgan fingerprint density at radius 3 is 3.00 bits per heavy atom. The van der Waals surface area contributed by atoms with Crippen molar-refractivity contribution >= 4 is 23.6 Å². The predicted octanol–water partition coefficient (Wildman–Crippen LogP) is 0.252. The zero-order valence-corrected chi connectivity index (χ0v) is 7.39. The molecule has 4 nitrogen and oxygen atoms in total. The van der Waals surface area contributed by atoms with Gasteiger partial charge in [-0.25, -0.2) is 4.79 Å². The highest BCUT2D eigenvalue weighted by atomic mass is 32.2. The van der Waals surface area contributed by atoms with Crippen LogP contribution in [0.2, 0.25) is 0 Å². The van der Waals surface area contributed by atoms with Crippen molar-refractivity contribution in [1.82, 2.24) is 5.32 Å². The molecule has 12 heavy (non-hydrogen) atoms. The van der Waals surface area contributed by atoms with Crippen molar-refractivity contribution in [3.8, 4) is 0 Å². The number of amides is 1. The molecule has 1 saturated heterocycles. The SMILES string of the molecule is COC(=O)/C=C/SC1CC(=O)N1. The minimum atomic E-state index is -0.381. The number of hydrogen-bond acceptors (Lipinski definition) is 4. The fraction of sp³-hybridized carbons (Fsp3) is 0.429. The molecule has 0 spiro atoms. The van der Waals surface area contributed by atoms with Crippen LogP contribution in [0.1, 0.15) is 6.42 Å². The molecule has 0 aliphatic carbocycles. The summed E-state index contributed by atoms with van der Waals surface area (Å²) in [5.41, 5.74) is 0. The third-order valence-electron chi connectivity index (χ3n) is 1.34. The Balaban J connectivity index is 2.13. The molecule has 1 aliphatic rings. The van der Waals surface area contributed by atoms with Gasteiger partial charge in [0, 0.05) is 6.08 Å². The van der Waals surface area contributed by atoms with E-state index >= 15 is 0 Å². The number of thioether (sulfide) groups is 1. The molecule has 5 heteroatoms. The van der Waals surface area contributed by atoms with E-state index in [-0.39, 0.29) is 17.3 Å². The van der Waals surface area contributed by atoms with E-state index in [1.807, 2.05) is 0 Å². The molecule has 0 aromatic carbocycles. The predicted molar refractivity (Wildman–Crippen MR) is 45.3 cm³/mol. The summed E-state index contributed by atoms with van der Waals surface area (Å²) in [6.45, 7) is 0. The Hall–Kier alpha value is -0.970. The van der Waals surface area contributed by atoms with E-state index in [9.17, 15) is 9.59 Å². The fourth-order valence-corrected chi connectivity index (χ4v) is 1.49. The van der Waals surface area contributed by atoms with Gasteiger partial charge in [-0.05, 0) is 5.41 Å². The molecule has 66 valence electrons. The Bertz CT molecular complexity index is 219. The number of carbonyl (C=O) groups is 2. The molecular weight excluding hydrogens is 178 g/mol. The van der Waals surface area contributed by atoms with Crippen molar-refractivity contribution in [3.63, 3.8) is 0 Å². The van der Waals surface area contributed by atoms with Crippen LogP contribution in [0.15, 0.2) is 11.5 Å². The van der Waals surface area contributed by atoms with Gasteiger partial charge in [-0.3, -0.25) is 4.79 Å². The molecule has 1 amide bonds. The molecule has 1 fully saturated rings. The summed E-state index contributed by atoms with van der Waals surface area (Å²) in [5, 5.41) is 4.40. The number of rotatable bonds is 3. The second-order valence-corrected chi connectivity index (χ2v) is 3.34. The van der Waals surface area contributed by atoms with Crippen molar-refractivity contribution in [2.75, 3.05) is 7.11 Å². The molecule has 1 rings (SSSR count). The van der Waals surface area contributed by atoms with E-state index in [1.165, 1.54) is 24.9 Å².